The van der Waals surface area contributed by atoms with Crippen LogP contribution >= 0.6 is 0 Å². The molecule has 148 valence electrons. The molecule has 1 heteroatoms. The van der Waals surface area contributed by atoms with Gasteiger partial charge in [0.05, 0.1) is 0 Å². The average molecular weight is 537 g/mol. The van der Waals surface area contributed by atoms with Gasteiger partial charge in [-0.05, 0) is 6.42 Å². The van der Waals surface area contributed by atoms with E-state index in [0.717, 1.165) is 6.42 Å². The first-order chi connectivity index (χ1) is 12.8. The van der Waals surface area contributed by atoms with Crippen LogP contribution in [0.4, 0.5) is 0 Å². The van der Waals surface area contributed by atoms with Gasteiger partial charge in [-0.1, -0.05) is 95.2 Å². The summed E-state index contributed by atoms with van der Waals surface area (Å²) in [5.41, 5.74) is 9.90. The molecule has 0 nitrogen and oxygen atoms in total. The van der Waals surface area contributed by atoms with E-state index in [4.69, 9.17) is 0 Å². The van der Waals surface area contributed by atoms with E-state index in [2.05, 4.69) is 97.0 Å². The van der Waals surface area contributed by atoms with Crippen LogP contribution in [-0.4, -0.2) is 0 Å². The molecule has 2 aliphatic carbocycles. The number of hydrogen-bond donors (Lipinski definition) is 0. The number of hydrogen-bond acceptors (Lipinski definition) is 0. The maximum Gasteiger partial charge on any atom is 0 e. The summed E-state index contributed by atoms with van der Waals surface area (Å²) < 4.78 is 0. The van der Waals surface area contributed by atoms with Crippen LogP contribution in [0.5, 0.6) is 0 Å². The van der Waals surface area contributed by atoms with Gasteiger partial charge < -0.3 is 0 Å². The van der Waals surface area contributed by atoms with Crippen LogP contribution in [0.2, 0.25) is 0 Å². The Morgan fingerprint density at radius 1 is 0.893 bits per heavy atom. The molecule has 4 rings (SSSR count). The van der Waals surface area contributed by atoms with Crippen LogP contribution in [0.1, 0.15) is 72.4 Å². The number of unbranched alkanes of at least 4 members (excludes halogenated alkanes) is 1. The Hall–Kier alpha value is -1.21. The third-order valence-electron chi connectivity index (χ3n) is 5.68. The first-order valence-electron chi connectivity index (χ1n) is 10.2. The second-order valence-corrected chi connectivity index (χ2v) is 8.02. The normalized spacial score (nSPS) is 15.2. The Kier molecular flexibility index (Phi) is 9.84. The molecule has 0 saturated carbocycles. The van der Waals surface area contributed by atoms with E-state index in [9.17, 15) is 0 Å². The maximum absolute atomic E-state index is 3.44. The molecule has 0 atom stereocenters. The molecule has 2 aromatic rings. The van der Waals surface area contributed by atoms with E-state index in [-0.39, 0.29) is 31.3 Å². The quantitative estimate of drug-likeness (QED) is 0.218. The fourth-order valence-electron chi connectivity index (χ4n) is 3.40. The van der Waals surface area contributed by atoms with E-state index in [1.54, 1.807) is 0 Å². The Morgan fingerprint density at radius 3 is 2.00 bits per heavy atom. The predicted octanol–water partition coefficient (Wildman–Crippen LogP) is 7.97. The summed E-state index contributed by atoms with van der Waals surface area (Å²) in [7, 11) is 0. The minimum absolute atomic E-state index is 0. The van der Waals surface area contributed by atoms with Gasteiger partial charge in [0, 0.05) is 25.8 Å². The second kappa shape index (κ2) is 11.1. The van der Waals surface area contributed by atoms with Gasteiger partial charge in [0.1, 0.15) is 0 Å². The van der Waals surface area contributed by atoms with Crippen LogP contribution in [0.25, 0.3) is 11.1 Å². The Bertz CT molecular complexity index is 791. The molecule has 0 N–H and O–H groups in total. The summed E-state index contributed by atoms with van der Waals surface area (Å²) >= 11 is 0. The first kappa shape index (κ1) is 24.8. The van der Waals surface area contributed by atoms with E-state index in [1.165, 1.54) is 51.8 Å². The third-order valence-corrected chi connectivity index (χ3v) is 5.68. The second-order valence-electron chi connectivity index (χ2n) is 8.02. The molecular weight excluding hydrogens is 503 g/mol. The smallest absolute Gasteiger partial charge is 0 e. The van der Waals surface area contributed by atoms with Crippen LogP contribution in [-0.2, 0) is 32.3 Å². The van der Waals surface area contributed by atoms with Crippen molar-refractivity contribution in [2.45, 2.75) is 67.7 Å². The molecule has 0 saturated heterocycles. The van der Waals surface area contributed by atoms with Crippen molar-refractivity contribution in [3.63, 3.8) is 0 Å². The van der Waals surface area contributed by atoms with Crippen molar-refractivity contribution in [3.8, 4) is 11.1 Å². The summed E-state index contributed by atoms with van der Waals surface area (Å²) in [6, 6.07) is 18.1. The van der Waals surface area contributed by atoms with Gasteiger partial charge in [-0.25, -0.2) is 5.57 Å². The van der Waals surface area contributed by atoms with Crippen LogP contribution in [0, 0.1) is 17.6 Å². The summed E-state index contributed by atoms with van der Waals surface area (Å²) in [5.74, 6) is 0. The Balaban J connectivity index is 0.000000235. The number of fused-ring (bicyclic) bond motifs is 3. The van der Waals surface area contributed by atoms with Gasteiger partial charge in [-0.3, -0.25) is 6.08 Å². The summed E-state index contributed by atoms with van der Waals surface area (Å²) in [6.07, 6.45) is 7.12. The zero-order chi connectivity index (χ0) is 20.0. The summed E-state index contributed by atoms with van der Waals surface area (Å²) in [6.45, 7) is 15.3. The molecule has 0 bridgehead atoms. The largest absolute Gasteiger partial charge is 0.263 e. The van der Waals surface area contributed by atoms with Gasteiger partial charge >= 0.3 is 0 Å². The molecule has 0 aromatic heterocycles. The van der Waals surface area contributed by atoms with Crippen LogP contribution in [0.15, 0.2) is 59.2 Å². The van der Waals surface area contributed by atoms with E-state index in [1.807, 2.05) is 6.07 Å². The van der Waals surface area contributed by atoms with Crippen molar-refractivity contribution < 1.29 is 25.8 Å². The van der Waals surface area contributed by atoms with Crippen molar-refractivity contribution in [1.82, 2.24) is 0 Å². The molecule has 28 heavy (non-hydrogen) atoms. The predicted molar refractivity (Wildman–Crippen MR) is 119 cm³/mol. The zero-order valence-electron chi connectivity index (χ0n) is 18.7. The van der Waals surface area contributed by atoms with Gasteiger partial charge in [0.25, 0.3) is 0 Å². The van der Waals surface area contributed by atoms with Crippen molar-refractivity contribution in [1.29, 1.82) is 0 Å². The topological polar surface area (TPSA) is 0 Å². The number of allylic oxidation sites excluding steroid dienone is 4. The fourth-order valence-corrected chi connectivity index (χ4v) is 3.40. The minimum Gasteiger partial charge on any atom is -0.263 e. The number of benzene rings is 2. The SMILES string of the molecule is CC1=[C-]C(C)(C)C(C)=C1C.CCCC.[Hf].[c-]1cccc2c1Cc1ccccc1-2. The van der Waals surface area contributed by atoms with Crippen molar-refractivity contribution in [3.05, 3.63) is 82.5 Å². The molecule has 0 heterocycles. The van der Waals surface area contributed by atoms with E-state index < -0.39 is 0 Å². The molecule has 0 fully saturated rings. The molecule has 2 aromatic carbocycles. The van der Waals surface area contributed by atoms with Crippen LogP contribution in [0.3, 0.4) is 0 Å². The van der Waals surface area contributed by atoms with Gasteiger partial charge in [-0.15, -0.1) is 12.5 Å². The van der Waals surface area contributed by atoms with E-state index in [0.29, 0.717) is 0 Å². The van der Waals surface area contributed by atoms with Gasteiger partial charge in [-0.2, -0.15) is 41.0 Å². The van der Waals surface area contributed by atoms with Gasteiger partial charge in [0.2, 0.25) is 0 Å². The Morgan fingerprint density at radius 2 is 1.50 bits per heavy atom. The molecule has 0 radical (unpaired) electrons. The summed E-state index contributed by atoms with van der Waals surface area (Å²) in [4.78, 5) is 0. The molecule has 0 aliphatic heterocycles. The van der Waals surface area contributed by atoms with Crippen molar-refractivity contribution >= 4 is 0 Å². The van der Waals surface area contributed by atoms with Crippen LogP contribution < -0.4 is 0 Å². The monoisotopic (exact) mass is 538 g/mol. The number of rotatable bonds is 1. The third kappa shape index (κ3) is 5.89. The first-order valence-corrected chi connectivity index (χ1v) is 10.2. The molecule has 0 amide bonds. The summed E-state index contributed by atoms with van der Waals surface area (Å²) in [5, 5.41) is 0. The maximum atomic E-state index is 3.44. The molecule has 0 unspecified atom stereocenters. The zero-order valence-corrected chi connectivity index (χ0v) is 22.3. The van der Waals surface area contributed by atoms with Gasteiger partial charge in [0.15, 0.2) is 0 Å². The van der Waals surface area contributed by atoms with Crippen molar-refractivity contribution in [2.24, 2.45) is 5.41 Å². The molecular formula is C27H34Hf-2. The fraction of sp³-hybridized carbons (Fsp3) is 0.407. The van der Waals surface area contributed by atoms with Crippen molar-refractivity contribution in [2.75, 3.05) is 0 Å². The minimum atomic E-state index is 0. The standard InChI is InChI=1S/C13H9.C10H15.C4H10.Hf/c1-3-7-12-10(5-1)9-11-6-2-4-8-13(11)12;1-7-6-10(4,5)9(3)8(7)2;1-3-4-2;/h1-5,7-8H,9H2;1-5H3;3-4H2,1-2H3;/q2*-1;;. The average Bonchev–Trinajstić information content (AvgIpc) is 3.13. The van der Waals surface area contributed by atoms with E-state index >= 15 is 0 Å². The Labute approximate surface area is 191 Å². The molecule has 0 spiro atoms. The molecule has 2 aliphatic rings.